The summed E-state index contributed by atoms with van der Waals surface area (Å²) in [6.45, 7) is 6.72. The highest BCUT2D eigenvalue weighted by Gasteiger charge is 2.35. The number of aromatic nitrogens is 2. The zero-order chi connectivity index (χ0) is 21.3. The van der Waals surface area contributed by atoms with Crippen molar-refractivity contribution in [3.8, 4) is 11.3 Å². The Labute approximate surface area is 183 Å². The minimum Gasteiger partial charge on any atom is -0.267 e. The molecule has 0 saturated carbocycles. The third-order valence-corrected chi connectivity index (χ3v) is 6.32. The molecule has 1 aromatic heterocycles. The molecule has 1 aliphatic carbocycles. The monoisotopic (exact) mass is 418 g/mol. The maximum atomic E-state index is 13.3. The summed E-state index contributed by atoms with van der Waals surface area (Å²) in [4.78, 5) is 13.3. The molecule has 154 valence electrons. The molecular formula is C26H27ClN2O. The average Bonchev–Trinajstić information content (AvgIpc) is 3.15. The summed E-state index contributed by atoms with van der Waals surface area (Å²) in [7, 11) is 0. The van der Waals surface area contributed by atoms with Crippen LogP contribution < -0.4 is 0 Å². The van der Waals surface area contributed by atoms with Gasteiger partial charge in [0.25, 0.3) is 5.91 Å². The molecule has 0 bridgehead atoms. The van der Waals surface area contributed by atoms with Crippen molar-refractivity contribution in [1.82, 2.24) is 9.78 Å². The van der Waals surface area contributed by atoms with E-state index in [0.29, 0.717) is 22.8 Å². The van der Waals surface area contributed by atoms with E-state index >= 15 is 0 Å². The summed E-state index contributed by atoms with van der Waals surface area (Å²) < 4.78 is 1.66. The lowest BCUT2D eigenvalue weighted by atomic mass is 9.75. The van der Waals surface area contributed by atoms with Gasteiger partial charge in [0, 0.05) is 28.1 Å². The van der Waals surface area contributed by atoms with E-state index in [1.807, 2.05) is 48.5 Å². The van der Waals surface area contributed by atoms with Crippen LogP contribution in [0.25, 0.3) is 17.3 Å². The van der Waals surface area contributed by atoms with Gasteiger partial charge >= 0.3 is 0 Å². The molecule has 0 spiro atoms. The van der Waals surface area contributed by atoms with Crippen LogP contribution >= 0.6 is 11.6 Å². The largest absolute Gasteiger partial charge is 0.271 e. The van der Waals surface area contributed by atoms with Gasteiger partial charge in [-0.15, -0.1) is 0 Å². The Morgan fingerprint density at radius 1 is 1.10 bits per heavy atom. The maximum absolute atomic E-state index is 13.3. The first-order chi connectivity index (χ1) is 14.5. The number of allylic oxidation sites excluding steroid dienone is 1. The highest BCUT2D eigenvalue weighted by molar-refractivity contribution is 6.30. The number of nitrogens with zero attached hydrogens (tertiary/aromatic N) is 2. The lowest BCUT2D eigenvalue weighted by Gasteiger charge is -2.30. The number of hydrogen-bond acceptors (Lipinski definition) is 2. The average molecular weight is 419 g/mol. The van der Waals surface area contributed by atoms with E-state index in [2.05, 4.69) is 32.9 Å². The molecule has 2 atom stereocenters. The van der Waals surface area contributed by atoms with E-state index in [1.54, 1.807) is 10.8 Å². The molecule has 1 heterocycles. The van der Waals surface area contributed by atoms with Crippen molar-refractivity contribution in [3.05, 3.63) is 82.5 Å². The van der Waals surface area contributed by atoms with Crippen LogP contribution in [0, 0.1) is 5.92 Å². The first kappa shape index (κ1) is 20.6. The van der Waals surface area contributed by atoms with Crippen LogP contribution in [0.3, 0.4) is 0 Å². The number of carbonyl (C=O) groups excluding carboxylic acids is 1. The molecule has 0 N–H and O–H groups in total. The van der Waals surface area contributed by atoms with E-state index in [9.17, 15) is 4.79 Å². The lowest BCUT2D eigenvalue weighted by Crippen LogP contribution is -2.23. The Hall–Kier alpha value is -2.65. The Morgan fingerprint density at radius 3 is 2.47 bits per heavy atom. The standard InChI is InChI=1S/C26H27ClN2O/c1-17(2)22-15-9-18(3)24-25(20-7-5-4-6-8-20)28-29(26(22)24)23(30)16-12-19-10-13-21(27)14-11-19/h4-8,10-14,16-18,22H,9,15H2,1-3H3. The van der Waals surface area contributed by atoms with E-state index in [1.165, 1.54) is 5.56 Å². The van der Waals surface area contributed by atoms with Crippen LogP contribution in [0.2, 0.25) is 5.02 Å². The number of benzene rings is 2. The molecule has 4 rings (SSSR count). The molecule has 0 amide bonds. The molecular weight excluding hydrogens is 392 g/mol. The number of hydrogen-bond donors (Lipinski definition) is 0. The van der Waals surface area contributed by atoms with Crippen LogP contribution in [0.4, 0.5) is 0 Å². The quantitative estimate of drug-likeness (QED) is 0.420. The summed E-state index contributed by atoms with van der Waals surface area (Å²) in [5.41, 5.74) is 5.27. The summed E-state index contributed by atoms with van der Waals surface area (Å²) in [6.07, 6.45) is 5.64. The fraction of sp³-hybridized carbons (Fsp3) is 0.308. The van der Waals surface area contributed by atoms with Crippen molar-refractivity contribution in [3.63, 3.8) is 0 Å². The Bertz CT molecular complexity index is 1060. The van der Waals surface area contributed by atoms with Gasteiger partial charge in [-0.1, -0.05) is 74.8 Å². The number of halogens is 1. The fourth-order valence-corrected chi connectivity index (χ4v) is 4.56. The van der Waals surface area contributed by atoms with E-state index in [0.717, 1.165) is 35.4 Å². The molecule has 2 unspecified atom stereocenters. The van der Waals surface area contributed by atoms with Crippen LogP contribution in [0.5, 0.6) is 0 Å². The third kappa shape index (κ3) is 3.99. The summed E-state index contributed by atoms with van der Waals surface area (Å²) in [6, 6.07) is 17.7. The SMILES string of the molecule is CC1CCC(C(C)C)c2c1c(-c1ccccc1)nn2C(=O)C=Cc1ccc(Cl)cc1. The second kappa shape index (κ2) is 8.61. The molecule has 30 heavy (non-hydrogen) atoms. The molecule has 2 aromatic carbocycles. The number of rotatable bonds is 4. The van der Waals surface area contributed by atoms with Gasteiger partial charge in [0.1, 0.15) is 0 Å². The van der Waals surface area contributed by atoms with Crippen molar-refractivity contribution in [2.75, 3.05) is 0 Å². The van der Waals surface area contributed by atoms with Crippen LogP contribution in [0.1, 0.15) is 67.1 Å². The van der Waals surface area contributed by atoms with Crippen molar-refractivity contribution >= 4 is 23.6 Å². The number of fused-ring (bicyclic) bond motifs is 1. The smallest absolute Gasteiger partial charge is 0.267 e. The molecule has 0 saturated heterocycles. The zero-order valence-electron chi connectivity index (χ0n) is 17.7. The second-order valence-corrected chi connectivity index (χ2v) is 8.91. The van der Waals surface area contributed by atoms with E-state index < -0.39 is 0 Å². The van der Waals surface area contributed by atoms with Crippen LogP contribution in [0.15, 0.2) is 60.7 Å². The summed E-state index contributed by atoms with van der Waals surface area (Å²) >= 11 is 5.96. The zero-order valence-corrected chi connectivity index (χ0v) is 18.4. The molecule has 0 fully saturated rings. The maximum Gasteiger partial charge on any atom is 0.271 e. The van der Waals surface area contributed by atoms with Crippen LogP contribution in [-0.2, 0) is 0 Å². The predicted octanol–water partition coefficient (Wildman–Crippen LogP) is 7.19. The molecule has 1 aliphatic rings. The van der Waals surface area contributed by atoms with Crippen molar-refractivity contribution in [2.45, 2.75) is 45.4 Å². The lowest BCUT2D eigenvalue weighted by molar-refractivity contribution is 0.0947. The van der Waals surface area contributed by atoms with Crippen molar-refractivity contribution < 1.29 is 4.79 Å². The first-order valence-electron chi connectivity index (χ1n) is 10.6. The number of carbonyl (C=O) groups is 1. The Kier molecular flexibility index (Phi) is 5.92. The molecule has 3 aromatic rings. The summed E-state index contributed by atoms with van der Waals surface area (Å²) in [5, 5.41) is 5.55. The Balaban J connectivity index is 1.80. The fourth-order valence-electron chi connectivity index (χ4n) is 4.43. The molecule has 4 heteroatoms. The molecule has 0 aliphatic heterocycles. The normalized spacial score (nSPS) is 18.7. The second-order valence-electron chi connectivity index (χ2n) is 8.48. The van der Waals surface area contributed by atoms with Crippen LogP contribution in [-0.4, -0.2) is 15.7 Å². The van der Waals surface area contributed by atoms with Gasteiger partial charge in [-0.3, -0.25) is 4.79 Å². The predicted molar refractivity (Wildman–Crippen MR) is 124 cm³/mol. The van der Waals surface area contributed by atoms with E-state index in [-0.39, 0.29) is 5.91 Å². The van der Waals surface area contributed by atoms with Gasteiger partial charge in [-0.2, -0.15) is 5.10 Å². The highest BCUT2D eigenvalue weighted by Crippen LogP contribution is 2.46. The van der Waals surface area contributed by atoms with E-state index in [4.69, 9.17) is 16.7 Å². The van der Waals surface area contributed by atoms with Gasteiger partial charge in [0.05, 0.1) is 11.4 Å². The Morgan fingerprint density at radius 2 is 1.80 bits per heavy atom. The first-order valence-corrected chi connectivity index (χ1v) is 11.0. The van der Waals surface area contributed by atoms with Gasteiger partial charge in [-0.25, -0.2) is 4.68 Å². The third-order valence-electron chi connectivity index (χ3n) is 6.06. The van der Waals surface area contributed by atoms with Gasteiger partial charge in [0.2, 0.25) is 0 Å². The topological polar surface area (TPSA) is 34.9 Å². The highest BCUT2D eigenvalue weighted by atomic mass is 35.5. The van der Waals surface area contributed by atoms with Gasteiger partial charge in [-0.05, 0) is 48.4 Å². The van der Waals surface area contributed by atoms with Gasteiger partial charge < -0.3 is 0 Å². The minimum absolute atomic E-state index is 0.108. The van der Waals surface area contributed by atoms with Crippen molar-refractivity contribution in [1.29, 1.82) is 0 Å². The van der Waals surface area contributed by atoms with Gasteiger partial charge in [0.15, 0.2) is 0 Å². The summed E-state index contributed by atoms with van der Waals surface area (Å²) in [5.74, 6) is 1.05. The molecule has 3 nitrogen and oxygen atoms in total. The van der Waals surface area contributed by atoms with Crippen molar-refractivity contribution in [2.24, 2.45) is 5.92 Å². The molecule has 0 radical (unpaired) electrons. The minimum atomic E-state index is -0.108.